The van der Waals surface area contributed by atoms with E-state index < -0.39 is 0 Å². The lowest BCUT2D eigenvalue weighted by atomic mass is 9.93. The maximum Gasteiger partial charge on any atom is 0.0562 e. The lowest BCUT2D eigenvalue weighted by Gasteiger charge is -2.26. The van der Waals surface area contributed by atoms with Crippen LogP contribution in [0.25, 0.3) is 72.0 Å². The first-order valence-electron chi connectivity index (χ1n) is 19.2. The fourth-order valence-electron chi connectivity index (χ4n) is 8.16. The van der Waals surface area contributed by atoms with E-state index in [4.69, 9.17) is 0 Å². The normalized spacial score (nSPS) is 11.2. The molecule has 0 atom stereocenters. The van der Waals surface area contributed by atoms with Gasteiger partial charge >= 0.3 is 0 Å². The number of aromatic nitrogens is 1. The van der Waals surface area contributed by atoms with Crippen molar-refractivity contribution < 1.29 is 0 Å². The van der Waals surface area contributed by atoms with Crippen molar-refractivity contribution in [2.45, 2.75) is 0 Å². The molecule has 1 aromatic heterocycles. The molecule has 9 aromatic carbocycles. The molecular weight excluding hydrogens is 677 g/mol. The topological polar surface area (TPSA) is 8.17 Å². The number of anilines is 3. The molecule has 0 aliphatic rings. The zero-order valence-corrected chi connectivity index (χ0v) is 30.8. The van der Waals surface area contributed by atoms with Gasteiger partial charge in [0, 0.05) is 33.4 Å². The Labute approximate surface area is 327 Å². The second-order valence-electron chi connectivity index (χ2n) is 14.1. The van der Waals surface area contributed by atoms with Gasteiger partial charge in [0.15, 0.2) is 0 Å². The van der Waals surface area contributed by atoms with Crippen LogP contribution >= 0.6 is 0 Å². The number of nitrogens with zero attached hydrogens (tertiary/aromatic N) is 2. The molecule has 56 heavy (non-hydrogen) atoms. The van der Waals surface area contributed by atoms with E-state index >= 15 is 0 Å². The third-order valence-corrected chi connectivity index (χ3v) is 10.8. The molecule has 2 heteroatoms. The highest BCUT2D eigenvalue weighted by Gasteiger charge is 2.21. The van der Waals surface area contributed by atoms with Crippen LogP contribution in [0.5, 0.6) is 0 Å². The zero-order valence-electron chi connectivity index (χ0n) is 30.8. The molecule has 264 valence electrons. The van der Waals surface area contributed by atoms with Crippen LogP contribution in [0.2, 0.25) is 0 Å². The number of hydrogen-bond donors (Lipinski definition) is 0. The van der Waals surface area contributed by atoms with Gasteiger partial charge in [0.2, 0.25) is 0 Å². The summed E-state index contributed by atoms with van der Waals surface area (Å²) in [6.07, 6.45) is 0. The molecule has 0 amide bonds. The van der Waals surface area contributed by atoms with Crippen LogP contribution in [-0.4, -0.2) is 4.57 Å². The molecule has 10 rings (SSSR count). The van der Waals surface area contributed by atoms with Crippen LogP contribution in [0.4, 0.5) is 17.1 Å². The second-order valence-corrected chi connectivity index (χ2v) is 14.1. The summed E-state index contributed by atoms with van der Waals surface area (Å²) in [4.78, 5) is 2.38. The van der Waals surface area contributed by atoms with E-state index in [2.05, 4.69) is 240 Å². The fourth-order valence-corrected chi connectivity index (χ4v) is 8.16. The molecule has 0 saturated heterocycles. The molecular formula is C54H38N2. The van der Waals surface area contributed by atoms with E-state index in [0.29, 0.717) is 0 Å². The monoisotopic (exact) mass is 714 g/mol. The van der Waals surface area contributed by atoms with Crippen molar-refractivity contribution in [3.8, 4) is 50.2 Å². The average molecular weight is 715 g/mol. The summed E-state index contributed by atoms with van der Waals surface area (Å²) in [6.45, 7) is 0. The van der Waals surface area contributed by atoms with Crippen LogP contribution in [0, 0.1) is 0 Å². The van der Waals surface area contributed by atoms with Crippen LogP contribution in [-0.2, 0) is 0 Å². The van der Waals surface area contributed by atoms with Crippen molar-refractivity contribution in [3.63, 3.8) is 0 Å². The Balaban J connectivity index is 1.20. The summed E-state index contributed by atoms with van der Waals surface area (Å²) in [5.41, 5.74) is 16.3. The van der Waals surface area contributed by atoms with E-state index in [1.807, 2.05) is 0 Å². The Kier molecular flexibility index (Phi) is 8.55. The smallest absolute Gasteiger partial charge is 0.0562 e. The molecule has 1 heterocycles. The van der Waals surface area contributed by atoms with E-state index in [0.717, 1.165) is 28.3 Å². The minimum Gasteiger partial charge on any atom is -0.310 e. The zero-order chi connectivity index (χ0) is 37.3. The van der Waals surface area contributed by atoms with Gasteiger partial charge in [0.1, 0.15) is 0 Å². The van der Waals surface area contributed by atoms with Crippen LogP contribution in [0.3, 0.4) is 0 Å². The van der Waals surface area contributed by atoms with Crippen molar-refractivity contribution in [1.29, 1.82) is 0 Å². The molecule has 0 radical (unpaired) electrons. The van der Waals surface area contributed by atoms with Crippen molar-refractivity contribution in [2.75, 3.05) is 4.90 Å². The predicted octanol–water partition coefficient (Wildman–Crippen LogP) is 14.9. The minimum absolute atomic E-state index is 1.09. The Morgan fingerprint density at radius 1 is 0.286 bits per heavy atom. The van der Waals surface area contributed by atoms with E-state index in [1.165, 1.54) is 60.8 Å². The first kappa shape index (κ1) is 33.2. The van der Waals surface area contributed by atoms with Crippen LogP contribution in [0.15, 0.2) is 231 Å². The summed E-state index contributed by atoms with van der Waals surface area (Å²) in [7, 11) is 0. The van der Waals surface area contributed by atoms with Gasteiger partial charge < -0.3 is 9.47 Å². The Morgan fingerprint density at radius 2 is 0.732 bits per heavy atom. The molecule has 0 aliphatic heterocycles. The van der Waals surface area contributed by atoms with Gasteiger partial charge in [-0.1, -0.05) is 182 Å². The van der Waals surface area contributed by atoms with Gasteiger partial charge in [0.25, 0.3) is 0 Å². The van der Waals surface area contributed by atoms with E-state index in [-0.39, 0.29) is 0 Å². The maximum atomic E-state index is 2.47. The summed E-state index contributed by atoms with van der Waals surface area (Å²) < 4.78 is 2.47. The Bertz CT molecular complexity index is 2830. The first-order valence-corrected chi connectivity index (χ1v) is 19.2. The quantitative estimate of drug-likeness (QED) is 0.152. The van der Waals surface area contributed by atoms with E-state index in [9.17, 15) is 0 Å². The summed E-state index contributed by atoms with van der Waals surface area (Å²) in [5.74, 6) is 0. The van der Waals surface area contributed by atoms with Crippen molar-refractivity contribution in [2.24, 2.45) is 0 Å². The van der Waals surface area contributed by atoms with Gasteiger partial charge in [-0.25, -0.2) is 0 Å². The van der Waals surface area contributed by atoms with Crippen LogP contribution in [0.1, 0.15) is 0 Å². The highest BCUT2D eigenvalue weighted by atomic mass is 15.1. The Morgan fingerprint density at radius 3 is 1.30 bits per heavy atom. The second kappa shape index (κ2) is 14.4. The van der Waals surface area contributed by atoms with E-state index in [1.54, 1.807) is 0 Å². The third kappa shape index (κ3) is 6.04. The van der Waals surface area contributed by atoms with Crippen molar-refractivity contribution in [3.05, 3.63) is 231 Å². The lowest BCUT2D eigenvalue weighted by Crippen LogP contribution is -2.10. The van der Waals surface area contributed by atoms with Gasteiger partial charge in [-0.15, -0.1) is 0 Å². The molecule has 0 N–H and O–H groups in total. The lowest BCUT2D eigenvalue weighted by molar-refractivity contribution is 1.18. The number of fused-ring (bicyclic) bond motifs is 3. The molecule has 2 nitrogen and oxygen atoms in total. The number of hydrogen-bond acceptors (Lipinski definition) is 1. The van der Waals surface area contributed by atoms with Crippen LogP contribution < -0.4 is 4.90 Å². The molecule has 0 bridgehead atoms. The molecule has 0 spiro atoms. The van der Waals surface area contributed by atoms with Gasteiger partial charge in [-0.2, -0.15) is 0 Å². The highest BCUT2D eigenvalue weighted by molar-refractivity contribution is 6.11. The SMILES string of the molecule is c1ccc(-c2ccc(N(c3ccc(-c4ccccc4)cc3)c3ccc4c5ccccc5n(-c5cccc(-c6ccccc6)c5-c5ccccc5)c4c3)cc2)cc1. The first-order chi connectivity index (χ1) is 27.8. The highest BCUT2D eigenvalue weighted by Crippen LogP contribution is 2.44. The molecule has 0 saturated carbocycles. The predicted molar refractivity (Wildman–Crippen MR) is 237 cm³/mol. The maximum absolute atomic E-state index is 2.47. The van der Waals surface area contributed by atoms with Crippen molar-refractivity contribution >= 4 is 38.9 Å². The van der Waals surface area contributed by atoms with Crippen molar-refractivity contribution in [1.82, 2.24) is 4.57 Å². The Hall–Kier alpha value is -7.42. The number of para-hydroxylation sites is 1. The van der Waals surface area contributed by atoms with Gasteiger partial charge in [-0.3, -0.25) is 0 Å². The third-order valence-electron chi connectivity index (χ3n) is 10.8. The number of benzene rings is 9. The number of rotatable bonds is 8. The minimum atomic E-state index is 1.09. The fraction of sp³-hybridized carbons (Fsp3) is 0. The van der Waals surface area contributed by atoms with Gasteiger partial charge in [0.05, 0.1) is 16.7 Å². The molecule has 0 unspecified atom stereocenters. The summed E-state index contributed by atoms with van der Waals surface area (Å²) in [6, 6.07) is 83.1. The molecule has 10 aromatic rings. The largest absolute Gasteiger partial charge is 0.310 e. The molecule has 0 fully saturated rings. The van der Waals surface area contributed by atoms with Gasteiger partial charge in [-0.05, 0) is 87.5 Å². The summed E-state index contributed by atoms with van der Waals surface area (Å²) >= 11 is 0. The summed E-state index contributed by atoms with van der Waals surface area (Å²) in [5, 5.41) is 2.44. The molecule has 0 aliphatic carbocycles. The average Bonchev–Trinajstić information content (AvgIpc) is 3.61. The standard InChI is InChI=1S/C54H38N2/c1-5-16-39(17-6-1)41-28-32-45(33-29-41)55(46-34-30-42(31-35-46)40-18-7-2-8-19-40)47-36-37-50-49-24-13-14-26-51(49)56(53(50)38-47)52-27-15-25-48(43-20-9-3-10-21-43)54(52)44-22-11-4-12-23-44/h1-38H.